The van der Waals surface area contributed by atoms with Crippen LogP contribution in [0.15, 0.2) is 48.5 Å². The Balaban J connectivity index is 1.48. The van der Waals surface area contributed by atoms with Crippen LogP contribution in [-0.2, 0) is 17.9 Å². The fourth-order valence-corrected chi connectivity index (χ4v) is 3.93. The predicted octanol–water partition coefficient (Wildman–Crippen LogP) is 4.19. The molecule has 0 aliphatic heterocycles. The Morgan fingerprint density at radius 2 is 1.79 bits per heavy atom. The highest BCUT2D eigenvalue weighted by Gasteiger charge is 2.18. The molecule has 0 atom stereocenters. The highest BCUT2D eigenvalue weighted by atomic mass is 16.5. The summed E-state index contributed by atoms with van der Waals surface area (Å²) in [7, 11) is 3.86. The van der Waals surface area contributed by atoms with Crippen LogP contribution in [-0.4, -0.2) is 37.6 Å². The predicted molar refractivity (Wildman–Crippen MR) is 118 cm³/mol. The van der Waals surface area contributed by atoms with Gasteiger partial charge in [0.2, 0.25) is 5.91 Å². The average molecular weight is 396 g/mol. The molecule has 2 aromatic carbocycles. The molecular weight excluding hydrogens is 362 g/mol. The van der Waals surface area contributed by atoms with Crippen molar-refractivity contribution in [2.24, 2.45) is 0 Å². The summed E-state index contributed by atoms with van der Waals surface area (Å²) in [4.78, 5) is 14.7. The minimum Gasteiger partial charge on any atom is -0.497 e. The van der Waals surface area contributed by atoms with E-state index in [2.05, 4.69) is 40.8 Å². The van der Waals surface area contributed by atoms with Gasteiger partial charge in [-0.05, 0) is 49.2 Å². The molecule has 1 amide bonds. The molecule has 0 radical (unpaired) electrons. The van der Waals surface area contributed by atoms with Gasteiger partial charge in [-0.15, -0.1) is 0 Å². The van der Waals surface area contributed by atoms with Gasteiger partial charge in [0, 0.05) is 24.8 Å². The SMILES string of the molecule is COc1ccc(CNC(=O)CNc2ccccc2CN(C)C2CCCCC2)cc1. The number of para-hydroxylation sites is 1. The summed E-state index contributed by atoms with van der Waals surface area (Å²) in [5, 5.41) is 6.28. The number of nitrogens with one attached hydrogen (secondary N) is 2. The average Bonchev–Trinajstić information content (AvgIpc) is 2.78. The minimum absolute atomic E-state index is 0.0174. The molecule has 2 aromatic rings. The summed E-state index contributed by atoms with van der Waals surface area (Å²) in [5.74, 6) is 0.799. The number of rotatable bonds is 9. The normalized spacial score (nSPS) is 14.6. The molecule has 156 valence electrons. The van der Waals surface area contributed by atoms with Crippen molar-refractivity contribution in [2.45, 2.75) is 51.2 Å². The maximum Gasteiger partial charge on any atom is 0.239 e. The molecule has 1 saturated carbocycles. The van der Waals surface area contributed by atoms with Crippen LogP contribution in [0, 0.1) is 0 Å². The summed E-state index contributed by atoms with van der Waals surface area (Å²) in [5.41, 5.74) is 3.33. The van der Waals surface area contributed by atoms with Gasteiger partial charge < -0.3 is 15.4 Å². The lowest BCUT2D eigenvalue weighted by Gasteiger charge is -2.31. The summed E-state index contributed by atoms with van der Waals surface area (Å²) in [6.07, 6.45) is 6.63. The Morgan fingerprint density at radius 3 is 2.52 bits per heavy atom. The standard InChI is InChI=1S/C24H33N3O2/c1-27(21-9-4-3-5-10-21)18-20-8-6-7-11-23(20)25-17-24(28)26-16-19-12-14-22(29-2)15-13-19/h6-8,11-15,21,25H,3-5,9-10,16-18H2,1-2H3,(H,26,28). The Morgan fingerprint density at radius 1 is 1.07 bits per heavy atom. The molecule has 1 aliphatic carbocycles. The number of ether oxygens (including phenoxy) is 1. The third kappa shape index (κ3) is 6.50. The first-order chi connectivity index (χ1) is 14.2. The number of anilines is 1. The van der Waals surface area contributed by atoms with E-state index >= 15 is 0 Å². The van der Waals surface area contributed by atoms with E-state index in [-0.39, 0.29) is 12.5 Å². The third-order valence-electron chi connectivity index (χ3n) is 5.72. The highest BCUT2D eigenvalue weighted by Crippen LogP contribution is 2.24. The first-order valence-corrected chi connectivity index (χ1v) is 10.6. The maximum atomic E-state index is 12.3. The summed E-state index contributed by atoms with van der Waals surface area (Å²) in [6, 6.07) is 16.7. The monoisotopic (exact) mass is 395 g/mol. The smallest absolute Gasteiger partial charge is 0.239 e. The Bertz CT molecular complexity index is 770. The lowest BCUT2D eigenvalue weighted by Crippen LogP contribution is -2.33. The van der Waals surface area contributed by atoms with E-state index in [1.165, 1.54) is 37.7 Å². The Hall–Kier alpha value is -2.53. The fraction of sp³-hybridized carbons (Fsp3) is 0.458. The van der Waals surface area contributed by atoms with E-state index in [1.807, 2.05) is 30.3 Å². The fourth-order valence-electron chi connectivity index (χ4n) is 3.93. The van der Waals surface area contributed by atoms with Gasteiger partial charge >= 0.3 is 0 Å². The molecule has 1 aliphatic rings. The van der Waals surface area contributed by atoms with E-state index in [0.717, 1.165) is 23.5 Å². The van der Waals surface area contributed by atoms with E-state index in [1.54, 1.807) is 7.11 Å². The van der Waals surface area contributed by atoms with Crippen LogP contribution < -0.4 is 15.4 Å². The molecule has 5 nitrogen and oxygen atoms in total. The van der Waals surface area contributed by atoms with Crippen LogP contribution in [0.2, 0.25) is 0 Å². The second kappa shape index (κ2) is 10.9. The van der Waals surface area contributed by atoms with Crippen molar-refractivity contribution < 1.29 is 9.53 Å². The summed E-state index contributed by atoms with van der Waals surface area (Å²) in [6.45, 7) is 1.68. The number of hydrogen-bond donors (Lipinski definition) is 2. The van der Waals surface area contributed by atoms with Crippen LogP contribution in [0.25, 0.3) is 0 Å². The molecule has 3 rings (SSSR count). The van der Waals surface area contributed by atoms with Crippen LogP contribution in [0.3, 0.4) is 0 Å². The number of nitrogens with zero attached hydrogens (tertiary/aromatic N) is 1. The number of hydrogen-bond acceptors (Lipinski definition) is 4. The first kappa shape index (κ1) is 21.2. The number of carbonyl (C=O) groups is 1. The molecule has 0 bridgehead atoms. The van der Waals surface area contributed by atoms with Crippen LogP contribution in [0.1, 0.15) is 43.2 Å². The van der Waals surface area contributed by atoms with Gasteiger partial charge in [-0.25, -0.2) is 0 Å². The Labute approximate surface area is 174 Å². The zero-order valence-corrected chi connectivity index (χ0v) is 17.6. The molecule has 0 saturated heterocycles. The molecule has 1 fully saturated rings. The minimum atomic E-state index is -0.0174. The van der Waals surface area contributed by atoms with E-state index < -0.39 is 0 Å². The zero-order valence-electron chi connectivity index (χ0n) is 17.6. The zero-order chi connectivity index (χ0) is 20.5. The van der Waals surface area contributed by atoms with Crippen molar-refractivity contribution >= 4 is 11.6 Å². The van der Waals surface area contributed by atoms with Crippen molar-refractivity contribution in [2.75, 3.05) is 26.0 Å². The first-order valence-electron chi connectivity index (χ1n) is 10.6. The van der Waals surface area contributed by atoms with Crippen LogP contribution in [0.5, 0.6) is 5.75 Å². The molecular formula is C24H33N3O2. The topological polar surface area (TPSA) is 53.6 Å². The molecule has 0 unspecified atom stereocenters. The van der Waals surface area contributed by atoms with Crippen LogP contribution in [0.4, 0.5) is 5.69 Å². The number of benzene rings is 2. The van der Waals surface area contributed by atoms with Crippen molar-refractivity contribution in [1.29, 1.82) is 0 Å². The molecule has 0 spiro atoms. The lowest BCUT2D eigenvalue weighted by molar-refractivity contribution is -0.119. The van der Waals surface area contributed by atoms with Gasteiger partial charge in [0.25, 0.3) is 0 Å². The third-order valence-corrected chi connectivity index (χ3v) is 5.72. The Kier molecular flexibility index (Phi) is 7.94. The van der Waals surface area contributed by atoms with Gasteiger partial charge in [-0.1, -0.05) is 49.6 Å². The summed E-state index contributed by atoms with van der Waals surface area (Å²) >= 11 is 0. The van der Waals surface area contributed by atoms with Crippen LogP contribution >= 0.6 is 0 Å². The summed E-state index contributed by atoms with van der Waals surface area (Å²) < 4.78 is 5.16. The van der Waals surface area contributed by atoms with Gasteiger partial charge in [-0.2, -0.15) is 0 Å². The van der Waals surface area contributed by atoms with Gasteiger partial charge in [0.15, 0.2) is 0 Å². The van der Waals surface area contributed by atoms with Crippen molar-refractivity contribution in [3.05, 3.63) is 59.7 Å². The second-order valence-electron chi connectivity index (χ2n) is 7.84. The van der Waals surface area contributed by atoms with E-state index in [9.17, 15) is 4.79 Å². The van der Waals surface area contributed by atoms with Gasteiger partial charge in [0.1, 0.15) is 5.75 Å². The van der Waals surface area contributed by atoms with Gasteiger partial charge in [0.05, 0.1) is 13.7 Å². The quantitative estimate of drug-likeness (QED) is 0.669. The maximum absolute atomic E-state index is 12.3. The molecule has 29 heavy (non-hydrogen) atoms. The highest BCUT2D eigenvalue weighted by molar-refractivity contribution is 5.80. The largest absolute Gasteiger partial charge is 0.497 e. The molecule has 2 N–H and O–H groups in total. The van der Waals surface area contributed by atoms with Gasteiger partial charge in [-0.3, -0.25) is 9.69 Å². The van der Waals surface area contributed by atoms with Crippen molar-refractivity contribution in [1.82, 2.24) is 10.2 Å². The number of amides is 1. The molecule has 5 heteroatoms. The van der Waals surface area contributed by atoms with Crippen molar-refractivity contribution in [3.8, 4) is 5.75 Å². The molecule has 0 heterocycles. The van der Waals surface area contributed by atoms with E-state index in [4.69, 9.17) is 4.74 Å². The second-order valence-corrected chi connectivity index (χ2v) is 7.84. The number of carbonyl (C=O) groups excluding carboxylic acids is 1. The lowest BCUT2D eigenvalue weighted by atomic mass is 9.94. The molecule has 0 aromatic heterocycles. The number of methoxy groups -OCH3 is 1. The van der Waals surface area contributed by atoms with Crippen molar-refractivity contribution in [3.63, 3.8) is 0 Å². The van der Waals surface area contributed by atoms with E-state index in [0.29, 0.717) is 12.6 Å².